The molecule has 1 amide bonds. The van der Waals surface area contributed by atoms with Gasteiger partial charge in [-0.2, -0.15) is 0 Å². The first-order valence-corrected chi connectivity index (χ1v) is 8.23. The maximum atomic E-state index is 12.8. The first-order valence-electron chi connectivity index (χ1n) is 8.23. The van der Waals surface area contributed by atoms with Gasteiger partial charge in [0.15, 0.2) is 6.10 Å². The molecule has 0 bridgehead atoms. The minimum atomic E-state index is -4.83. The summed E-state index contributed by atoms with van der Waals surface area (Å²) in [6, 6.07) is 9.95. The van der Waals surface area contributed by atoms with Crippen LogP contribution in [0.25, 0.3) is 0 Å². The zero-order chi connectivity index (χ0) is 20.7. The van der Waals surface area contributed by atoms with Crippen LogP contribution in [0.15, 0.2) is 48.5 Å². The summed E-state index contributed by atoms with van der Waals surface area (Å²) in [5.41, 5.74) is 0.799. The van der Waals surface area contributed by atoms with Gasteiger partial charge in [0.2, 0.25) is 0 Å². The average Bonchev–Trinajstić information content (AvgIpc) is 2.62. The van der Waals surface area contributed by atoms with Crippen LogP contribution in [0.4, 0.5) is 17.6 Å². The predicted octanol–water partition coefficient (Wildman–Crippen LogP) is 3.63. The largest absolute Gasteiger partial charge is 0.573 e. The Hall–Kier alpha value is -3.10. The van der Waals surface area contributed by atoms with E-state index in [2.05, 4.69) is 10.1 Å². The van der Waals surface area contributed by atoms with Crippen molar-refractivity contribution in [1.29, 1.82) is 0 Å². The summed E-state index contributed by atoms with van der Waals surface area (Å²) in [5, 5.41) is 2.58. The van der Waals surface area contributed by atoms with E-state index in [-0.39, 0.29) is 17.9 Å². The van der Waals surface area contributed by atoms with Crippen molar-refractivity contribution in [2.24, 2.45) is 0 Å². The van der Waals surface area contributed by atoms with E-state index in [1.807, 2.05) is 0 Å². The van der Waals surface area contributed by atoms with Crippen LogP contribution in [0.1, 0.15) is 22.8 Å². The van der Waals surface area contributed by atoms with Crippen LogP contribution in [0.5, 0.6) is 5.75 Å². The number of rotatable bonds is 7. The molecule has 9 heteroatoms. The Morgan fingerprint density at radius 1 is 1.04 bits per heavy atom. The third-order valence-corrected chi connectivity index (χ3v) is 3.60. The second-order valence-electron chi connectivity index (χ2n) is 5.79. The monoisotopic (exact) mass is 399 g/mol. The Kier molecular flexibility index (Phi) is 6.97. The van der Waals surface area contributed by atoms with Gasteiger partial charge in [0.1, 0.15) is 11.6 Å². The number of esters is 1. The summed E-state index contributed by atoms with van der Waals surface area (Å²) in [6.07, 6.45) is -5.47. The van der Waals surface area contributed by atoms with Crippen molar-refractivity contribution in [1.82, 2.24) is 5.32 Å². The molecule has 1 N–H and O–H groups in total. The minimum absolute atomic E-state index is 0.0273. The molecular weight excluding hydrogens is 382 g/mol. The highest BCUT2D eigenvalue weighted by Crippen LogP contribution is 2.23. The third-order valence-electron chi connectivity index (χ3n) is 3.60. The topological polar surface area (TPSA) is 64.6 Å². The van der Waals surface area contributed by atoms with Gasteiger partial charge in [-0.25, -0.2) is 9.18 Å². The SMILES string of the molecule is C[C@@H](OC(=O)c1ccc(OC(F)(F)F)cc1)C(=O)NCCc1ccc(F)cc1. The van der Waals surface area contributed by atoms with E-state index in [1.54, 1.807) is 12.1 Å². The van der Waals surface area contributed by atoms with Crippen molar-refractivity contribution < 1.29 is 36.6 Å². The number of alkyl halides is 3. The maximum Gasteiger partial charge on any atom is 0.573 e. The molecule has 0 aliphatic carbocycles. The second-order valence-corrected chi connectivity index (χ2v) is 5.79. The lowest BCUT2D eigenvalue weighted by Crippen LogP contribution is -2.36. The highest BCUT2D eigenvalue weighted by Gasteiger charge is 2.31. The van der Waals surface area contributed by atoms with Crippen LogP contribution < -0.4 is 10.1 Å². The average molecular weight is 399 g/mol. The summed E-state index contributed by atoms with van der Waals surface area (Å²) >= 11 is 0. The van der Waals surface area contributed by atoms with E-state index in [1.165, 1.54) is 19.1 Å². The van der Waals surface area contributed by atoms with Gasteiger partial charge in [0, 0.05) is 6.54 Å². The van der Waals surface area contributed by atoms with Crippen molar-refractivity contribution in [2.75, 3.05) is 6.54 Å². The van der Waals surface area contributed by atoms with E-state index in [0.717, 1.165) is 29.8 Å². The molecule has 0 heterocycles. The molecule has 5 nitrogen and oxygen atoms in total. The molecule has 0 aliphatic heterocycles. The van der Waals surface area contributed by atoms with Gasteiger partial charge in [-0.15, -0.1) is 13.2 Å². The van der Waals surface area contributed by atoms with Crippen LogP contribution in [0.2, 0.25) is 0 Å². The Bertz CT molecular complexity index is 804. The molecule has 2 aromatic carbocycles. The fraction of sp³-hybridized carbons (Fsp3) is 0.263. The minimum Gasteiger partial charge on any atom is -0.449 e. The van der Waals surface area contributed by atoms with Crippen LogP contribution in [-0.4, -0.2) is 30.9 Å². The van der Waals surface area contributed by atoms with Crippen LogP contribution in [0.3, 0.4) is 0 Å². The molecular formula is C19H17F4NO4. The number of carbonyl (C=O) groups is 2. The molecule has 2 rings (SSSR count). The molecule has 0 unspecified atom stereocenters. The third kappa shape index (κ3) is 6.90. The normalized spacial score (nSPS) is 12.2. The van der Waals surface area contributed by atoms with Crippen molar-refractivity contribution in [3.05, 3.63) is 65.5 Å². The molecule has 0 saturated carbocycles. The van der Waals surface area contributed by atoms with Gasteiger partial charge in [-0.1, -0.05) is 12.1 Å². The first kappa shape index (κ1) is 21.2. The Morgan fingerprint density at radius 3 is 2.21 bits per heavy atom. The summed E-state index contributed by atoms with van der Waals surface area (Å²) in [6.45, 7) is 1.63. The number of carbonyl (C=O) groups excluding carboxylic acids is 2. The second kappa shape index (κ2) is 9.20. The molecule has 0 saturated heterocycles. The number of hydrogen-bond acceptors (Lipinski definition) is 4. The zero-order valence-electron chi connectivity index (χ0n) is 14.8. The van der Waals surface area contributed by atoms with Crippen molar-refractivity contribution in [2.45, 2.75) is 25.8 Å². The van der Waals surface area contributed by atoms with Gasteiger partial charge >= 0.3 is 12.3 Å². The van der Waals surface area contributed by atoms with Crippen molar-refractivity contribution >= 4 is 11.9 Å². The van der Waals surface area contributed by atoms with Gasteiger partial charge in [-0.3, -0.25) is 4.79 Å². The standard InChI is InChI=1S/C19H17F4NO4/c1-12(17(25)24-11-10-13-2-6-15(20)7-3-13)27-18(26)14-4-8-16(9-5-14)28-19(21,22)23/h2-9,12H,10-11H2,1H3,(H,24,25)/t12-/m1/s1. The van der Waals surface area contributed by atoms with E-state index in [4.69, 9.17) is 4.74 Å². The number of amides is 1. The number of hydrogen-bond donors (Lipinski definition) is 1. The lowest BCUT2D eigenvalue weighted by molar-refractivity contribution is -0.274. The summed E-state index contributed by atoms with van der Waals surface area (Å²) in [5.74, 6) is -2.23. The number of ether oxygens (including phenoxy) is 2. The van der Waals surface area contributed by atoms with E-state index in [9.17, 15) is 27.2 Å². The van der Waals surface area contributed by atoms with Gasteiger partial charge in [0.05, 0.1) is 5.56 Å². The molecule has 0 radical (unpaired) electrons. The fourth-order valence-electron chi connectivity index (χ4n) is 2.20. The predicted molar refractivity (Wildman–Crippen MR) is 91.1 cm³/mol. The number of nitrogens with one attached hydrogen (secondary N) is 1. The molecule has 0 fully saturated rings. The van der Waals surface area contributed by atoms with E-state index >= 15 is 0 Å². The lowest BCUT2D eigenvalue weighted by Gasteiger charge is -2.14. The molecule has 150 valence electrons. The van der Waals surface area contributed by atoms with Gasteiger partial charge < -0.3 is 14.8 Å². The molecule has 1 atom stereocenters. The molecule has 0 spiro atoms. The van der Waals surface area contributed by atoms with Gasteiger partial charge in [0.25, 0.3) is 5.91 Å². The molecule has 2 aromatic rings. The quantitative estimate of drug-likeness (QED) is 0.571. The first-order chi connectivity index (χ1) is 13.1. The smallest absolute Gasteiger partial charge is 0.449 e. The molecule has 28 heavy (non-hydrogen) atoms. The molecule has 0 aromatic heterocycles. The zero-order valence-corrected chi connectivity index (χ0v) is 14.8. The van der Waals surface area contributed by atoms with Gasteiger partial charge in [-0.05, 0) is 55.3 Å². The van der Waals surface area contributed by atoms with Crippen LogP contribution in [-0.2, 0) is 16.0 Å². The molecule has 0 aliphatic rings. The van der Waals surface area contributed by atoms with Crippen LogP contribution >= 0.6 is 0 Å². The van der Waals surface area contributed by atoms with E-state index < -0.39 is 30.1 Å². The number of halogens is 4. The highest BCUT2D eigenvalue weighted by molar-refractivity contribution is 5.92. The maximum absolute atomic E-state index is 12.8. The van der Waals surface area contributed by atoms with Crippen molar-refractivity contribution in [3.8, 4) is 5.75 Å². The highest BCUT2D eigenvalue weighted by atomic mass is 19.4. The Balaban J connectivity index is 1.80. The number of benzene rings is 2. The summed E-state index contributed by atoms with van der Waals surface area (Å²) < 4.78 is 57.9. The summed E-state index contributed by atoms with van der Waals surface area (Å²) in [4.78, 5) is 24.0. The lowest BCUT2D eigenvalue weighted by atomic mass is 10.1. The fourth-order valence-corrected chi connectivity index (χ4v) is 2.20. The Morgan fingerprint density at radius 2 is 1.64 bits per heavy atom. The Labute approximate surface area is 158 Å². The van der Waals surface area contributed by atoms with Crippen LogP contribution in [0, 0.1) is 5.82 Å². The summed E-state index contributed by atoms with van der Waals surface area (Å²) in [7, 11) is 0. The van der Waals surface area contributed by atoms with Crippen molar-refractivity contribution in [3.63, 3.8) is 0 Å². The van der Waals surface area contributed by atoms with E-state index in [0.29, 0.717) is 6.42 Å².